The van der Waals surface area contributed by atoms with E-state index < -0.39 is 0 Å². The molecule has 0 aliphatic heterocycles. The molecule has 0 amide bonds. The second-order valence-corrected chi connectivity index (χ2v) is 5.13. The molecule has 0 aliphatic rings. The van der Waals surface area contributed by atoms with Gasteiger partial charge < -0.3 is 5.32 Å². The SMILES string of the molecule is CCNC(Cc1ncnn1C)c1cc(F)ccc1Br. The number of likely N-dealkylation sites (N-methyl/N-ethyl adjacent to an activating group) is 1. The smallest absolute Gasteiger partial charge is 0.138 e. The van der Waals surface area contributed by atoms with Gasteiger partial charge in [0.15, 0.2) is 0 Å². The first-order valence-corrected chi connectivity index (χ1v) is 6.92. The maximum Gasteiger partial charge on any atom is 0.138 e. The lowest BCUT2D eigenvalue weighted by atomic mass is 10.0. The zero-order chi connectivity index (χ0) is 13.8. The first-order chi connectivity index (χ1) is 9.11. The molecule has 4 nitrogen and oxygen atoms in total. The third-order valence-corrected chi connectivity index (χ3v) is 3.70. The first-order valence-electron chi connectivity index (χ1n) is 6.13. The van der Waals surface area contributed by atoms with Gasteiger partial charge in [-0.2, -0.15) is 5.10 Å². The maximum absolute atomic E-state index is 13.4. The van der Waals surface area contributed by atoms with E-state index in [1.807, 2.05) is 14.0 Å². The summed E-state index contributed by atoms with van der Waals surface area (Å²) in [6.07, 6.45) is 2.19. The highest BCUT2D eigenvalue weighted by molar-refractivity contribution is 9.10. The van der Waals surface area contributed by atoms with Crippen LogP contribution in [0.25, 0.3) is 0 Å². The van der Waals surface area contributed by atoms with Crippen LogP contribution < -0.4 is 5.32 Å². The summed E-state index contributed by atoms with van der Waals surface area (Å²) >= 11 is 3.47. The molecule has 0 saturated heterocycles. The van der Waals surface area contributed by atoms with Gasteiger partial charge in [0.1, 0.15) is 18.0 Å². The van der Waals surface area contributed by atoms with E-state index in [-0.39, 0.29) is 11.9 Å². The highest BCUT2D eigenvalue weighted by Gasteiger charge is 2.17. The van der Waals surface area contributed by atoms with Crippen molar-refractivity contribution in [3.05, 3.63) is 46.2 Å². The molecule has 1 heterocycles. The molecule has 1 unspecified atom stereocenters. The molecule has 1 aromatic heterocycles. The fraction of sp³-hybridized carbons (Fsp3) is 0.385. The summed E-state index contributed by atoms with van der Waals surface area (Å²) in [6, 6.07) is 4.72. The standard InChI is InChI=1S/C13H16BrFN4/c1-3-16-12(7-13-17-8-18-19(13)2)10-6-9(15)4-5-11(10)14/h4-6,8,12,16H,3,7H2,1-2H3. The molecule has 0 bridgehead atoms. The van der Waals surface area contributed by atoms with Gasteiger partial charge in [-0.3, -0.25) is 4.68 Å². The van der Waals surface area contributed by atoms with Gasteiger partial charge in [0.2, 0.25) is 0 Å². The van der Waals surface area contributed by atoms with Crippen LogP contribution in [-0.4, -0.2) is 21.3 Å². The van der Waals surface area contributed by atoms with Crippen LogP contribution in [0.5, 0.6) is 0 Å². The molecule has 6 heteroatoms. The van der Waals surface area contributed by atoms with Gasteiger partial charge in [0, 0.05) is 24.0 Å². The van der Waals surface area contributed by atoms with Crippen molar-refractivity contribution in [3.8, 4) is 0 Å². The van der Waals surface area contributed by atoms with Crippen molar-refractivity contribution in [2.75, 3.05) is 6.54 Å². The maximum atomic E-state index is 13.4. The fourth-order valence-corrected chi connectivity index (χ4v) is 2.53. The number of rotatable bonds is 5. The van der Waals surface area contributed by atoms with Crippen molar-refractivity contribution in [3.63, 3.8) is 0 Å². The summed E-state index contributed by atoms with van der Waals surface area (Å²) in [6.45, 7) is 2.82. The van der Waals surface area contributed by atoms with Crippen LogP contribution in [0.1, 0.15) is 24.4 Å². The molecular weight excluding hydrogens is 311 g/mol. The van der Waals surface area contributed by atoms with Crippen LogP contribution in [0, 0.1) is 5.82 Å². The Morgan fingerprint density at radius 1 is 1.47 bits per heavy atom. The van der Waals surface area contributed by atoms with Gasteiger partial charge in [-0.1, -0.05) is 22.9 Å². The average molecular weight is 327 g/mol. The molecule has 0 spiro atoms. The Bertz CT molecular complexity index is 555. The molecule has 102 valence electrons. The molecule has 2 rings (SSSR count). The van der Waals surface area contributed by atoms with Gasteiger partial charge >= 0.3 is 0 Å². The Balaban J connectivity index is 2.29. The number of nitrogens with zero attached hydrogens (tertiary/aromatic N) is 3. The molecule has 1 N–H and O–H groups in total. The van der Waals surface area contributed by atoms with Gasteiger partial charge in [0.05, 0.1) is 0 Å². The molecule has 0 aliphatic carbocycles. The predicted octanol–water partition coefficient (Wildman–Crippen LogP) is 2.61. The summed E-state index contributed by atoms with van der Waals surface area (Å²) in [4.78, 5) is 4.22. The first kappa shape index (κ1) is 14.1. The highest BCUT2D eigenvalue weighted by atomic mass is 79.9. The zero-order valence-corrected chi connectivity index (χ0v) is 12.5. The van der Waals surface area contributed by atoms with Crippen LogP contribution in [-0.2, 0) is 13.5 Å². The van der Waals surface area contributed by atoms with Gasteiger partial charge in [-0.25, -0.2) is 9.37 Å². The second kappa shape index (κ2) is 6.25. The van der Waals surface area contributed by atoms with Crippen LogP contribution in [0.2, 0.25) is 0 Å². The Morgan fingerprint density at radius 2 is 2.26 bits per heavy atom. The Labute approximate surface area is 120 Å². The van der Waals surface area contributed by atoms with E-state index in [2.05, 4.69) is 31.3 Å². The minimum absolute atomic E-state index is 0.00188. The third kappa shape index (κ3) is 3.39. The second-order valence-electron chi connectivity index (χ2n) is 4.28. The zero-order valence-electron chi connectivity index (χ0n) is 10.9. The predicted molar refractivity (Wildman–Crippen MR) is 75.2 cm³/mol. The van der Waals surface area contributed by atoms with Gasteiger partial charge in [-0.05, 0) is 30.3 Å². The van der Waals surface area contributed by atoms with Gasteiger partial charge in [-0.15, -0.1) is 0 Å². The molecule has 0 fully saturated rings. The van der Waals surface area contributed by atoms with E-state index in [4.69, 9.17) is 0 Å². The van der Waals surface area contributed by atoms with Crippen LogP contribution in [0.4, 0.5) is 4.39 Å². The number of benzene rings is 1. The number of aryl methyl sites for hydroxylation is 1. The Hall–Kier alpha value is -1.27. The molecule has 19 heavy (non-hydrogen) atoms. The number of halogens is 2. The molecule has 0 saturated carbocycles. The van der Waals surface area contributed by atoms with E-state index in [0.29, 0.717) is 6.42 Å². The normalized spacial score (nSPS) is 12.6. The average Bonchev–Trinajstić information content (AvgIpc) is 2.78. The summed E-state index contributed by atoms with van der Waals surface area (Å²) < 4.78 is 16.0. The molecule has 0 radical (unpaired) electrons. The molecular formula is C13H16BrFN4. The van der Waals surface area contributed by atoms with E-state index in [1.165, 1.54) is 12.4 Å². The van der Waals surface area contributed by atoms with E-state index in [1.54, 1.807) is 16.8 Å². The largest absolute Gasteiger partial charge is 0.310 e. The third-order valence-electron chi connectivity index (χ3n) is 2.98. The molecule has 2 aromatic rings. The fourth-order valence-electron chi connectivity index (χ4n) is 2.01. The van der Waals surface area contributed by atoms with Crippen molar-refractivity contribution < 1.29 is 4.39 Å². The van der Waals surface area contributed by atoms with E-state index in [0.717, 1.165) is 22.4 Å². The monoisotopic (exact) mass is 326 g/mol. The minimum atomic E-state index is -0.237. The lowest BCUT2D eigenvalue weighted by Crippen LogP contribution is -2.24. The topological polar surface area (TPSA) is 42.7 Å². The van der Waals surface area contributed by atoms with Crippen molar-refractivity contribution >= 4 is 15.9 Å². The van der Waals surface area contributed by atoms with Crippen molar-refractivity contribution in [1.29, 1.82) is 0 Å². The van der Waals surface area contributed by atoms with Crippen LogP contribution in [0.15, 0.2) is 29.0 Å². The Morgan fingerprint density at radius 3 is 2.89 bits per heavy atom. The lowest BCUT2D eigenvalue weighted by molar-refractivity contribution is 0.516. The summed E-state index contributed by atoms with van der Waals surface area (Å²) in [5, 5.41) is 7.41. The van der Waals surface area contributed by atoms with Crippen LogP contribution >= 0.6 is 15.9 Å². The van der Waals surface area contributed by atoms with Crippen molar-refractivity contribution in [2.45, 2.75) is 19.4 Å². The minimum Gasteiger partial charge on any atom is -0.310 e. The number of hydrogen-bond acceptors (Lipinski definition) is 3. The highest BCUT2D eigenvalue weighted by Crippen LogP contribution is 2.26. The van der Waals surface area contributed by atoms with E-state index in [9.17, 15) is 4.39 Å². The lowest BCUT2D eigenvalue weighted by Gasteiger charge is -2.19. The molecule has 1 aromatic carbocycles. The van der Waals surface area contributed by atoms with E-state index >= 15 is 0 Å². The summed E-state index contributed by atoms with van der Waals surface area (Å²) in [7, 11) is 1.85. The number of aromatic nitrogens is 3. The van der Waals surface area contributed by atoms with Crippen LogP contribution in [0.3, 0.4) is 0 Å². The number of nitrogens with one attached hydrogen (secondary N) is 1. The summed E-state index contributed by atoms with van der Waals surface area (Å²) in [5.41, 5.74) is 0.893. The number of hydrogen-bond donors (Lipinski definition) is 1. The van der Waals surface area contributed by atoms with Crippen molar-refractivity contribution in [1.82, 2.24) is 20.1 Å². The summed E-state index contributed by atoms with van der Waals surface area (Å²) in [5.74, 6) is 0.626. The van der Waals surface area contributed by atoms with Crippen molar-refractivity contribution in [2.24, 2.45) is 7.05 Å². The van der Waals surface area contributed by atoms with Gasteiger partial charge in [0.25, 0.3) is 0 Å². The Kier molecular flexibility index (Phi) is 4.66. The molecule has 1 atom stereocenters. The quantitative estimate of drug-likeness (QED) is 0.918.